The third kappa shape index (κ3) is 6.13. The van der Waals surface area contributed by atoms with Crippen LogP contribution in [0.15, 0.2) is 40.9 Å². The van der Waals surface area contributed by atoms with Gasteiger partial charge in [0.05, 0.1) is 5.75 Å². The van der Waals surface area contributed by atoms with Crippen molar-refractivity contribution >= 4 is 15.9 Å². The average molecular weight is 501 g/mol. The molecule has 9 heteroatoms. The molecule has 5 rings (SSSR count). The van der Waals surface area contributed by atoms with Gasteiger partial charge in [0.15, 0.2) is 5.69 Å². The lowest BCUT2D eigenvalue weighted by Crippen LogP contribution is -2.52. The van der Waals surface area contributed by atoms with Crippen LogP contribution in [-0.4, -0.2) is 66.2 Å². The molecule has 0 spiro atoms. The van der Waals surface area contributed by atoms with Crippen LogP contribution in [-0.2, 0) is 16.6 Å². The molecule has 2 atom stereocenters. The molecule has 1 aromatic heterocycles. The van der Waals surface area contributed by atoms with E-state index in [0.717, 1.165) is 51.1 Å². The fourth-order valence-electron chi connectivity index (χ4n) is 5.46. The summed E-state index contributed by atoms with van der Waals surface area (Å²) in [6.07, 6.45) is 5.22. The molecule has 2 aromatic rings. The van der Waals surface area contributed by atoms with E-state index in [1.807, 2.05) is 13.0 Å². The Labute approximate surface area is 208 Å². The molecule has 35 heavy (non-hydrogen) atoms. The molecule has 8 nitrogen and oxygen atoms in total. The molecule has 1 aliphatic carbocycles. The van der Waals surface area contributed by atoms with Gasteiger partial charge in [0.2, 0.25) is 10.0 Å². The molecule has 3 heterocycles. The number of rotatable bonds is 8. The van der Waals surface area contributed by atoms with Gasteiger partial charge < -0.3 is 9.84 Å². The normalized spacial score (nSPS) is 24.9. The van der Waals surface area contributed by atoms with Crippen molar-refractivity contribution in [3.05, 3.63) is 53.4 Å². The molecule has 1 saturated carbocycles. The molecule has 0 unspecified atom stereocenters. The molecule has 1 amide bonds. The number of piperidine rings is 2. The van der Waals surface area contributed by atoms with E-state index < -0.39 is 10.0 Å². The summed E-state index contributed by atoms with van der Waals surface area (Å²) in [6.45, 7) is 5.17. The first-order valence-corrected chi connectivity index (χ1v) is 14.5. The second-order valence-electron chi connectivity index (χ2n) is 10.5. The van der Waals surface area contributed by atoms with Crippen molar-refractivity contribution in [2.45, 2.75) is 70.0 Å². The van der Waals surface area contributed by atoms with Crippen LogP contribution in [0, 0.1) is 5.92 Å². The molecule has 3 aliphatic rings. The molecular formula is C26H36N4O4S. The lowest BCUT2D eigenvalue weighted by atomic mass is 9.98. The molecular weight excluding hydrogens is 464 g/mol. The van der Waals surface area contributed by atoms with Gasteiger partial charge in [-0.2, -0.15) is 4.31 Å². The highest BCUT2D eigenvalue weighted by Gasteiger charge is 2.36. The Hall–Kier alpha value is -2.23. The average Bonchev–Trinajstić information content (AvgIpc) is 3.57. The van der Waals surface area contributed by atoms with Crippen LogP contribution in [0.5, 0.6) is 0 Å². The number of carbonyl (C=O) groups excluding carboxylic acids is 1. The predicted octanol–water partition coefficient (Wildman–Crippen LogP) is 3.38. The summed E-state index contributed by atoms with van der Waals surface area (Å²) in [5, 5.41) is 6.94. The number of hydrogen-bond acceptors (Lipinski definition) is 6. The van der Waals surface area contributed by atoms with Crippen LogP contribution in [0.25, 0.3) is 0 Å². The van der Waals surface area contributed by atoms with Crippen molar-refractivity contribution in [3.63, 3.8) is 0 Å². The molecule has 0 bridgehead atoms. The highest BCUT2D eigenvalue weighted by molar-refractivity contribution is 7.89. The summed E-state index contributed by atoms with van der Waals surface area (Å²) < 4.78 is 33.5. The van der Waals surface area contributed by atoms with E-state index in [2.05, 4.69) is 39.6 Å². The molecule has 3 fully saturated rings. The number of likely N-dealkylation sites (tertiary alicyclic amines) is 1. The van der Waals surface area contributed by atoms with E-state index in [1.165, 1.54) is 5.56 Å². The maximum absolute atomic E-state index is 13.3. The summed E-state index contributed by atoms with van der Waals surface area (Å²) in [7, 11) is -3.34. The maximum atomic E-state index is 13.3. The minimum Gasteiger partial charge on any atom is -0.360 e. The highest BCUT2D eigenvalue weighted by Crippen LogP contribution is 2.40. The van der Waals surface area contributed by atoms with Gasteiger partial charge in [0.1, 0.15) is 5.76 Å². The smallest absolute Gasteiger partial charge is 0.273 e. The molecule has 0 radical (unpaired) electrons. The van der Waals surface area contributed by atoms with Crippen molar-refractivity contribution in [1.82, 2.24) is 19.7 Å². The lowest BCUT2D eigenvalue weighted by molar-refractivity contribution is 0.0905. The Kier molecular flexibility index (Phi) is 7.27. The summed E-state index contributed by atoms with van der Waals surface area (Å²) in [5.41, 5.74) is 1.61. The van der Waals surface area contributed by atoms with Crippen LogP contribution in [0.3, 0.4) is 0 Å². The maximum Gasteiger partial charge on any atom is 0.273 e. The monoisotopic (exact) mass is 500 g/mol. The fourth-order valence-corrected chi connectivity index (χ4v) is 7.60. The van der Waals surface area contributed by atoms with Crippen molar-refractivity contribution in [2.75, 3.05) is 25.4 Å². The van der Waals surface area contributed by atoms with Gasteiger partial charge in [-0.3, -0.25) is 9.69 Å². The fraction of sp³-hybridized carbons (Fsp3) is 0.615. The van der Waals surface area contributed by atoms with Crippen molar-refractivity contribution in [2.24, 2.45) is 5.92 Å². The van der Waals surface area contributed by atoms with Crippen molar-refractivity contribution < 1.29 is 17.7 Å². The standard InChI is InChI=1S/C26H36N4O4S/c1-19-15-23(27-26(31)24-16-25(34-28-24)22-7-8-22)11-14-30(19)35(32,33)18-21-9-12-29(13-10-21)17-20-5-3-2-4-6-20/h2-6,16,19,21-23H,7-15,17-18H2,1H3,(H,27,31)/t19-,23-/m0/s1. The zero-order chi connectivity index (χ0) is 24.4. The lowest BCUT2D eigenvalue weighted by Gasteiger charge is -2.38. The third-order valence-corrected chi connectivity index (χ3v) is 9.80. The number of sulfonamides is 1. The Balaban J connectivity index is 1.08. The zero-order valence-electron chi connectivity index (χ0n) is 20.4. The van der Waals surface area contributed by atoms with Crippen LogP contribution < -0.4 is 5.32 Å². The largest absolute Gasteiger partial charge is 0.360 e. The quantitative estimate of drug-likeness (QED) is 0.597. The van der Waals surface area contributed by atoms with Gasteiger partial charge in [0.25, 0.3) is 5.91 Å². The molecule has 1 aromatic carbocycles. The molecule has 190 valence electrons. The zero-order valence-corrected chi connectivity index (χ0v) is 21.3. The molecule has 2 aliphatic heterocycles. The Morgan fingerprint density at radius 3 is 2.51 bits per heavy atom. The highest BCUT2D eigenvalue weighted by atomic mass is 32.2. The minimum atomic E-state index is -3.34. The number of nitrogens with zero attached hydrogens (tertiary/aromatic N) is 3. The number of aromatic nitrogens is 1. The third-order valence-electron chi connectivity index (χ3n) is 7.65. The number of benzene rings is 1. The topological polar surface area (TPSA) is 95.7 Å². The van der Waals surface area contributed by atoms with E-state index >= 15 is 0 Å². The van der Waals surface area contributed by atoms with E-state index in [9.17, 15) is 13.2 Å². The number of hydrogen-bond donors (Lipinski definition) is 1. The van der Waals surface area contributed by atoms with Gasteiger partial charge in [-0.1, -0.05) is 35.5 Å². The van der Waals surface area contributed by atoms with Gasteiger partial charge in [-0.25, -0.2) is 8.42 Å². The van der Waals surface area contributed by atoms with E-state index in [0.29, 0.717) is 31.0 Å². The summed E-state index contributed by atoms with van der Waals surface area (Å²) in [4.78, 5) is 15.0. The Morgan fingerprint density at radius 1 is 1.09 bits per heavy atom. The molecule has 2 saturated heterocycles. The SMILES string of the molecule is C[C@H]1C[C@@H](NC(=O)c2cc(C3CC3)on2)CCN1S(=O)(=O)CC1CCN(Cc2ccccc2)CC1. The van der Waals surface area contributed by atoms with Crippen molar-refractivity contribution in [1.29, 1.82) is 0 Å². The van der Waals surface area contributed by atoms with Gasteiger partial charge in [-0.05, 0) is 70.0 Å². The van der Waals surface area contributed by atoms with E-state index in [-0.39, 0.29) is 29.7 Å². The van der Waals surface area contributed by atoms with Crippen LogP contribution in [0.1, 0.15) is 73.2 Å². The first-order chi connectivity index (χ1) is 16.9. The summed E-state index contributed by atoms with van der Waals surface area (Å²) in [5.74, 6) is 1.38. The second-order valence-corrected chi connectivity index (χ2v) is 12.5. The van der Waals surface area contributed by atoms with Crippen molar-refractivity contribution in [3.8, 4) is 0 Å². The van der Waals surface area contributed by atoms with Crippen LogP contribution in [0.4, 0.5) is 0 Å². The van der Waals surface area contributed by atoms with E-state index in [1.54, 1.807) is 10.4 Å². The number of nitrogens with one attached hydrogen (secondary N) is 1. The number of carbonyl (C=O) groups is 1. The Morgan fingerprint density at radius 2 is 1.83 bits per heavy atom. The minimum absolute atomic E-state index is 0.0637. The van der Waals surface area contributed by atoms with Gasteiger partial charge in [0, 0.05) is 37.2 Å². The first kappa shape index (κ1) is 24.5. The summed E-state index contributed by atoms with van der Waals surface area (Å²) in [6, 6.07) is 12.0. The van der Waals surface area contributed by atoms with Crippen LogP contribution >= 0.6 is 0 Å². The second kappa shape index (κ2) is 10.4. The summed E-state index contributed by atoms with van der Waals surface area (Å²) >= 11 is 0. The van der Waals surface area contributed by atoms with Gasteiger partial charge >= 0.3 is 0 Å². The van der Waals surface area contributed by atoms with Gasteiger partial charge in [-0.15, -0.1) is 0 Å². The first-order valence-electron chi connectivity index (χ1n) is 12.9. The molecule has 1 N–H and O–H groups in total. The predicted molar refractivity (Wildman–Crippen MR) is 133 cm³/mol. The van der Waals surface area contributed by atoms with Crippen LogP contribution in [0.2, 0.25) is 0 Å². The van der Waals surface area contributed by atoms with E-state index in [4.69, 9.17) is 4.52 Å². The Bertz CT molecular complexity index is 1110. The number of amides is 1.